The van der Waals surface area contributed by atoms with E-state index in [2.05, 4.69) is 36.3 Å². The molecule has 2 N–H and O–H groups in total. The number of anilines is 1. The molecule has 7 nitrogen and oxygen atoms in total. The van der Waals surface area contributed by atoms with Crippen molar-refractivity contribution in [2.75, 3.05) is 18.1 Å². The van der Waals surface area contributed by atoms with Crippen molar-refractivity contribution in [3.63, 3.8) is 0 Å². The van der Waals surface area contributed by atoms with Gasteiger partial charge in [-0.25, -0.2) is 8.42 Å². The molecule has 0 saturated carbocycles. The third-order valence-corrected chi connectivity index (χ3v) is 5.86. The lowest BCUT2D eigenvalue weighted by Gasteiger charge is -2.24. The molecule has 3 rings (SSSR count). The highest BCUT2D eigenvalue weighted by atomic mass is 32.2. The monoisotopic (exact) mass is 376 g/mol. The molecule has 0 fully saturated rings. The molecule has 8 heteroatoms. The summed E-state index contributed by atoms with van der Waals surface area (Å²) in [5.74, 6) is 0.320. The Labute approximate surface area is 153 Å². The zero-order chi connectivity index (χ0) is 19.1. The molecule has 0 saturated heterocycles. The third kappa shape index (κ3) is 3.81. The minimum absolute atomic E-state index is 0.0307. The Balaban J connectivity index is 1.75. The van der Waals surface area contributed by atoms with E-state index in [1.807, 2.05) is 24.3 Å². The fraction of sp³-hybridized carbons (Fsp3) is 0.444. The Morgan fingerprint density at radius 3 is 2.46 bits per heavy atom. The first-order valence-corrected chi connectivity index (χ1v) is 10.3. The van der Waals surface area contributed by atoms with Gasteiger partial charge in [0.25, 0.3) is 5.91 Å². The van der Waals surface area contributed by atoms with Crippen LogP contribution in [-0.2, 0) is 28.4 Å². The fourth-order valence-electron chi connectivity index (χ4n) is 2.98. The van der Waals surface area contributed by atoms with E-state index < -0.39 is 10.0 Å². The molecule has 0 radical (unpaired) electrons. The van der Waals surface area contributed by atoms with Crippen molar-refractivity contribution in [2.24, 2.45) is 0 Å². The quantitative estimate of drug-likeness (QED) is 0.859. The molecular formula is C18H24N4O3S. The summed E-state index contributed by atoms with van der Waals surface area (Å²) >= 11 is 0. The van der Waals surface area contributed by atoms with Crippen LogP contribution < -0.4 is 5.32 Å². The van der Waals surface area contributed by atoms with Crippen molar-refractivity contribution < 1.29 is 13.2 Å². The van der Waals surface area contributed by atoms with Gasteiger partial charge in [-0.3, -0.25) is 9.89 Å². The second-order valence-electron chi connectivity index (χ2n) is 7.65. The van der Waals surface area contributed by atoms with Crippen molar-refractivity contribution in [1.29, 1.82) is 0 Å². The fourth-order valence-corrected chi connectivity index (χ4v) is 3.76. The van der Waals surface area contributed by atoms with Crippen LogP contribution in [0.4, 0.5) is 5.82 Å². The van der Waals surface area contributed by atoms with Crippen LogP contribution in [0.1, 0.15) is 48.0 Å². The number of aromatic amines is 1. The van der Waals surface area contributed by atoms with Gasteiger partial charge in [-0.05, 0) is 29.5 Å². The van der Waals surface area contributed by atoms with Crippen LogP contribution in [0.2, 0.25) is 0 Å². The van der Waals surface area contributed by atoms with Crippen molar-refractivity contribution in [3.05, 3.63) is 46.6 Å². The summed E-state index contributed by atoms with van der Waals surface area (Å²) in [5, 5.41) is 9.84. The van der Waals surface area contributed by atoms with Crippen LogP contribution in [0, 0.1) is 0 Å². The number of benzene rings is 1. The lowest BCUT2D eigenvalue weighted by atomic mass is 9.87. The second kappa shape index (κ2) is 6.51. The van der Waals surface area contributed by atoms with Crippen LogP contribution in [0.3, 0.4) is 0 Å². The van der Waals surface area contributed by atoms with E-state index in [9.17, 15) is 13.2 Å². The number of amides is 1. The number of nitrogens with zero attached hydrogens (tertiary/aromatic N) is 2. The van der Waals surface area contributed by atoms with E-state index >= 15 is 0 Å². The number of rotatable bonds is 3. The third-order valence-electron chi connectivity index (χ3n) is 4.61. The first-order chi connectivity index (χ1) is 12.1. The highest BCUT2D eigenvalue weighted by Gasteiger charge is 2.27. The molecule has 0 spiro atoms. The number of aromatic nitrogens is 2. The Hall–Kier alpha value is -2.19. The number of sulfonamides is 1. The largest absolute Gasteiger partial charge is 0.307 e. The zero-order valence-corrected chi connectivity index (χ0v) is 16.3. The predicted octanol–water partition coefficient (Wildman–Crippen LogP) is 2.28. The number of hydrogen-bond donors (Lipinski definition) is 2. The second-order valence-corrected chi connectivity index (χ2v) is 9.63. The van der Waals surface area contributed by atoms with E-state index in [-0.39, 0.29) is 17.9 Å². The maximum Gasteiger partial charge on any atom is 0.256 e. The Bertz CT molecular complexity index is 924. The van der Waals surface area contributed by atoms with Crippen molar-refractivity contribution in [2.45, 2.75) is 39.2 Å². The number of H-pyrrole nitrogens is 1. The average Bonchev–Trinajstić information content (AvgIpc) is 2.95. The van der Waals surface area contributed by atoms with Gasteiger partial charge in [-0.2, -0.15) is 9.40 Å². The molecule has 1 aliphatic rings. The number of carbonyl (C=O) groups is 1. The Morgan fingerprint density at radius 1 is 1.23 bits per heavy atom. The van der Waals surface area contributed by atoms with Crippen LogP contribution >= 0.6 is 0 Å². The van der Waals surface area contributed by atoms with E-state index in [4.69, 9.17) is 0 Å². The maximum atomic E-state index is 12.5. The van der Waals surface area contributed by atoms with Gasteiger partial charge in [-0.1, -0.05) is 32.9 Å². The molecule has 1 aromatic heterocycles. The molecule has 1 aliphatic heterocycles. The van der Waals surface area contributed by atoms with Gasteiger partial charge in [0.1, 0.15) is 5.82 Å². The molecule has 26 heavy (non-hydrogen) atoms. The van der Waals surface area contributed by atoms with Gasteiger partial charge in [0, 0.05) is 17.7 Å². The van der Waals surface area contributed by atoms with E-state index in [1.165, 1.54) is 10.6 Å². The Morgan fingerprint density at radius 2 is 1.88 bits per heavy atom. The molecule has 2 heterocycles. The van der Waals surface area contributed by atoms with Crippen molar-refractivity contribution in [1.82, 2.24) is 14.5 Å². The summed E-state index contributed by atoms with van der Waals surface area (Å²) in [5.41, 5.74) is 3.27. The lowest BCUT2D eigenvalue weighted by Crippen LogP contribution is -2.35. The zero-order valence-electron chi connectivity index (χ0n) is 15.5. The van der Waals surface area contributed by atoms with E-state index in [1.54, 1.807) is 0 Å². The van der Waals surface area contributed by atoms with Gasteiger partial charge in [0.05, 0.1) is 18.5 Å². The standard InChI is InChI=1S/C18H24N4O3S/c1-18(2,3)13-7-5-12(6-8-13)17(23)19-16-14-9-10-22(26(4,24)25)11-15(14)20-21-16/h5-8H,9-11H2,1-4H3,(H2,19,20,21,23). The first kappa shape index (κ1) is 18.6. The van der Waals surface area contributed by atoms with Crippen LogP contribution in [0.15, 0.2) is 24.3 Å². The molecule has 1 amide bonds. The topological polar surface area (TPSA) is 95.2 Å². The van der Waals surface area contributed by atoms with Gasteiger partial charge in [0.2, 0.25) is 10.0 Å². The minimum atomic E-state index is -3.25. The van der Waals surface area contributed by atoms with Gasteiger partial charge in [0.15, 0.2) is 0 Å². The summed E-state index contributed by atoms with van der Waals surface area (Å²) in [4.78, 5) is 12.5. The molecule has 0 bridgehead atoms. The summed E-state index contributed by atoms with van der Waals surface area (Å²) < 4.78 is 24.7. The molecule has 0 atom stereocenters. The van der Waals surface area contributed by atoms with E-state index in [0.717, 1.165) is 11.1 Å². The Kier molecular flexibility index (Phi) is 4.66. The van der Waals surface area contributed by atoms with E-state index in [0.29, 0.717) is 30.0 Å². The SMILES string of the molecule is CC(C)(C)c1ccc(C(=O)Nc2[nH]nc3c2CCN(S(C)(=O)=O)C3)cc1. The number of hydrogen-bond acceptors (Lipinski definition) is 4. The summed E-state index contributed by atoms with van der Waals surface area (Å²) in [7, 11) is -3.25. The van der Waals surface area contributed by atoms with Crippen LogP contribution in [0.5, 0.6) is 0 Å². The highest BCUT2D eigenvalue weighted by molar-refractivity contribution is 7.88. The minimum Gasteiger partial charge on any atom is -0.307 e. The molecule has 2 aromatic rings. The highest BCUT2D eigenvalue weighted by Crippen LogP contribution is 2.26. The number of nitrogens with one attached hydrogen (secondary N) is 2. The molecule has 0 aliphatic carbocycles. The van der Waals surface area contributed by atoms with Crippen molar-refractivity contribution in [3.8, 4) is 0 Å². The molecule has 140 valence electrons. The number of carbonyl (C=O) groups excluding carboxylic acids is 1. The molecular weight excluding hydrogens is 352 g/mol. The van der Waals surface area contributed by atoms with Crippen molar-refractivity contribution >= 4 is 21.7 Å². The normalized spacial score (nSPS) is 15.5. The van der Waals surface area contributed by atoms with Gasteiger partial charge >= 0.3 is 0 Å². The average molecular weight is 376 g/mol. The first-order valence-electron chi connectivity index (χ1n) is 8.49. The smallest absolute Gasteiger partial charge is 0.256 e. The van der Waals surface area contributed by atoms with Crippen LogP contribution in [0.25, 0.3) is 0 Å². The molecule has 1 aromatic carbocycles. The van der Waals surface area contributed by atoms with Gasteiger partial charge in [-0.15, -0.1) is 0 Å². The van der Waals surface area contributed by atoms with Gasteiger partial charge < -0.3 is 5.32 Å². The number of fused-ring (bicyclic) bond motifs is 1. The lowest BCUT2D eigenvalue weighted by molar-refractivity contribution is 0.102. The van der Waals surface area contributed by atoms with Crippen LogP contribution in [-0.4, -0.2) is 41.6 Å². The molecule has 0 unspecified atom stereocenters. The summed E-state index contributed by atoms with van der Waals surface area (Å²) in [6, 6.07) is 7.54. The summed E-state index contributed by atoms with van der Waals surface area (Å²) in [6.45, 7) is 6.98. The predicted molar refractivity (Wildman–Crippen MR) is 101 cm³/mol. The summed E-state index contributed by atoms with van der Waals surface area (Å²) in [6.07, 6.45) is 1.70. The maximum absolute atomic E-state index is 12.5.